The molecular formula is C22H26NO4+. The molecule has 1 aromatic rings. The molecule has 0 atom stereocenters. The molecule has 27 heavy (non-hydrogen) atoms. The Kier molecular flexibility index (Phi) is 4.46. The monoisotopic (exact) mass is 368 g/mol. The largest absolute Gasteiger partial charge is 0.493 e. The van der Waals surface area contributed by atoms with Gasteiger partial charge in [0.15, 0.2) is 18.0 Å². The lowest BCUT2D eigenvalue weighted by molar-refractivity contribution is -0.674. The van der Waals surface area contributed by atoms with Gasteiger partial charge in [-0.25, -0.2) is 0 Å². The van der Waals surface area contributed by atoms with Crippen LogP contribution in [0.3, 0.4) is 0 Å². The first-order chi connectivity index (χ1) is 13.0. The van der Waals surface area contributed by atoms with Crippen LogP contribution in [-0.4, -0.2) is 19.8 Å². The Bertz CT molecular complexity index is 958. The average molecular weight is 368 g/mol. The number of nitrogens with zero attached hydrogens (tertiary/aromatic N) is 1. The van der Waals surface area contributed by atoms with Crippen LogP contribution in [0.2, 0.25) is 0 Å². The predicted octanol–water partition coefficient (Wildman–Crippen LogP) is 4.40. The van der Waals surface area contributed by atoms with Crippen LogP contribution >= 0.6 is 0 Å². The molecule has 1 aromatic carbocycles. The first kappa shape index (κ1) is 17.7. The first-order valence-corrected chi connectivity index (χ1v) is 9.49. The minimum Gasteiger partial charge on any atom is -0.493 e. The van der Waals surface area contributed by atoms with E-state index in [0.29, 0.717) is 12.6 Å². The molecule has 0 unspecified atom stereocenters. The van der Waals surface area contributed by atoms with Crippen molar-refractivity contribution in [2.45, 2.75) is 46.8 Å². The van der Waals surface area contributed by atoms with Gasteiger partial charge in [0.1, 0.15) is 11.3 Å². The molecule has 0 spiro atoms. The Morgan fingerprint density at radius 3 is 2.56 bits per heavy atom. The van der Waals surface area contributed by atoms with E-state index in [-0.39, 0.29) is 6.10 Å². The van der Waals surface area contributed by atoms with Crippen molar-refractivity contribution in [2.24, 2.45) is 0 Å². The number of fused-ring (bicyclic) bond motifs is 5. The van der Waals surface area contributed by atoms with Gasteiger partial charge in [-0.15, -0.1) is 0 Å². The highest BCUT2D eigenvalue weighted by molar-refractivity contribution is 5.75. The number of rotatable bonds is 5. The standard InChI is InChI=1S/C22H26NO4/c1-6-25-22-17-11-19-16-12-21(26-13(2)3)20(24-5)10-15(16)7-8-23(19)18(17)9-14(4)27-22/h9-13H,6-8H2,1-5H3/q+1. The molecule has 0 saturated carbocycles. The van der Waals surface area contributed by atoms with Crippen molar-refractivity contribution in [3.63, 3.8) is 0 Å². The van der Waals surface area contributed by atoms with E-state index >= 15 is 0 Å². The minimum atomic E-state index is 0.0809. The SMILES string of the molecule is CCOc1oc(C)cc2[n+]3c(cc1-2)-c1cc(OC(C)C)c(OC)cc1CC3. The molecule has 142 valence electrons. The lowest BCUT2D eigenvalue weighted by atomic mass is 9.97. The van der Waals surface area contributed by atoms with Gasteiger partial charge in [0.2, 0.25) is 11.4 Å². The van der Waals surface area contributed by atoms with Crippen molar-refractivity contribution in [3.05, 3.63) is 35.6 Å². The second-order valence-electron chi connectivity index (χ2n) is 7.13. The highest BCUT2D eigenvalue weighted by atomic mass is 16.6. The van der Waals surface area contributed by atoms with Gasteiger partial charge in [0.25, 0.3) is 5.95 Å². The fraction of sp³-hybridized carbons (Fsp3) is 0.409. The molecule has 3 aliphatic heterocycles. The summed E-state index contributed by atoms with van der Waals surface area (Å²) in [6, 6.07) is 8.45. The van der Waals surface area contributed by atoms with Gasteiger partial charge in [0, 0.05) is 18.6 Å². The summed E-state index contributed by atoms with van der Waals surface area (Å²) in [6.07, 6.45) is 1.02. The summed E-state index contributed by atoms with van der Waals surface area (Å²) >= 11 is 0. The molecule has 3 heterocycles. The Labute approximate surface area is 159 Å². The van der Waals surface area contributed by atoms with Crippen LogP contribution in [0.5, 0.6) is 17.4 Å². The molecule has 0 aliphatic carbocycles. The summed E-state index contributed by atoms with van der Waals surface area (Å²) in [4.78, 5) is 0. The molecule has 0 saturated heterocycles. The molecular weight excluding hydrogens is 342 g/mol. The number of ether oxygens (including phenoxy) is 3. The second-order valence-corrected chi connectivity index (χ2v) is 7.13. The highest BCUT2D eigenvalue weighted by Gasteiger charge is 2.35. The van der Waals surface area contributed by atoms with Crippen LogP contribution in [0.15, 0.2) is 28.7 Å². The van der Waals surface area contributed by atoms with Crippen molar-refractivity contribution in [3.8, 4) is 40.0 Å². The topological polar surface area (TPSA) is 44.7 Å². The molecule has 5 nitrogen and oxygen atoms in total. The lowest BCUT2D eigenvalue weighted by Crippen LogP contribution is -2.39. The highest BCUT2D eigenvalue weighted by Crippen LogP contribution is 2.42. The van der Waals surface area contributed by atoms with E-state index in [1.54, 1.807) is 7.11 Å². The van der Waals surface area contributed by atoms with Gasteiger partial charge >= 0.3 is 0 Å². The van der Waals surface area contributed by atoms with Crippen LogP contribution in [0.4, 0.5) is 0 Å². The molecule has 3 aliphatic rings. The van der Waals surface area contributed by atoms with Crippen LogP contribution < -0.4 is 18.8 Å². The number of methoxy groups -OCH3 is 1. The summed E-state index contributed by atoms with van der Waals surface area (Å²) in [6.45, 7) is 9.45. The molecule has 0 N–H and O–H groups in total. The Hall–Kier alpha value is -2.69. The van der Waals surface area contributed by atoms with E-state index in [0.717, 1.165) is 47.2 Å². The number of aromatic nitrogens is 1. The van der Waals surface area contributed by atoms with Gasteiger partial charge in [-0.2, -0.15) is 4.57 Å². The third-order valence-corrected chi connectivity index (χ3v) is 4.86. The number of hydrogen-bond acceptors (Lipinski definition) is 4. The maximum Gasteiger partial charge on any atom is 0.299 e. The number of aryl methyl sites for hydroxylation is 2. The van der Waals surface area contributed by atoms with Crippen LogP contribution in [-0.2, 0) is 13.0 Å². The normalized spacial score (nSPS) is 12.8. The van der Waals surface area contributed by atoms with E-state index < -0.39 is 0 Å². The number of hydrogen-bond donors (Lipinski definition) is 0. The zero-order valence-corrected chi connectivity index (χ0v) is 16.6. The summed E-state index contributed by atoms with van der Waals surface area (Å²) in [5, 5.41) is 0. The number of benzene rings is 1. The summed E-state index contributed by atoms with van der Waals surface area (Å²) in [5.74, 6) is 2.99. The summed E-state index contributed by atoms with van der Waals surface area (Å²) in [5.41, 5.74) is 5.75. The first-order valence-electron chi connectivity index (χ1n) is 9.49. The molecule has 0 amide bonds. The molecule has 0 fully saturated rings. The van der Waals surface area contributed by atoms with Gasteiger partial charge in [-0.3, -0.25) is 0 Å². The van der Waals surface area contributed by atoms with E-state index in [4.69, 9.17) is 18.6 Å². The smallest absolute Gasteiger partial charge is 0.299 e. The lowest BCUT2D eigenvalue weighted by Gasteiger charge is -2.18. The Morgan fingerprint density at radius 1 is 1.07 bits per heavy atom. The van der Waals surface area contributed by atoms with Gasteiger partial charge in [-0.05, 0) is 45.4 Å². The second kappa shape index (κ2) is 6.80. The molecule has 0 radical (unpaired) electrons. The fourth-order valence-corrected chi connectivity index (χ4v) is 3.79. The van der Waals surface area contributed by atoms with E-state index in [9.17, 15) is 0 Å². The zero-order valence-electron chi connectivity index (χ0n) is 16.6. The van der Waals surface area contributed by atoms with Crippen molar-refractivity contribution in [1.82, 2.24) is 0 Å². The zero-order chi connectivity index (χ0) is 19.1. The quantitative estimate of drug-likeness (QED) is 0.626. The summed E-state index contributed by atoms with van der Waals surface area (Å²) in [7, 11) is 1.69. The van der Waals surface area contributed by atoms with Crippen molar-refractivity contribution in [1.29, 1.82) is 0 Å². The van der Waals surface area contributed by atoms with E-state index in [1.165, 1.54) is 11.1 Å². The van der Waals surface area contributed by atoms with Crippen molar-refractivity contribution >= 4 is 0 Å². The molecule has 5 heteroatoms. The van der Waals surface area contributed by atoms with Gasteiger partial charge in [0.05, 0.1) is 25.4 Å². The van der Waals surface area contributed by atoms with Crippen LogP contribution in [0.1, 0.15) is 32.1 Å². The van der Waals surface area contributed by atoms with Gasteiger partial charge in [-0.1, -0.05) is 0 Å². The van der Waals surface area contributed by atoms with E-state index in [1.807, 2.05) is 27.7 Å². The predicted molar refractivity (Wildman–Crippen MR) is 103 cm³/mol. The fourth-order valence-electron chi connectivity index (χ4n) is 3.79. The van der Waals surface area contributed by atoms with Crippen molar-refractivity contribution < 1.29 is 23.2 Å². The molecule has 4 rings (SSSR count). The Morgan fingerprint density at radius 2 is 1.85 bits per heavy atom. The average Bonchev–Trinajstić information content (AvgIpc) is 3.00. The minimum absolute atomic E-state index is 0.0809. The van der Waals surface area contributed by atoms with Crippen LogP contribution in [0.25, 0.3) is 22.5 Å². The summed E-state index contributed by atoms with van der Waals surface area (Å²) < 4.78 is 25.5. The maximum atomic E-state index is 6.00. The van der Waals surface area contributed by atoms with Crippen LogP contribution in [0, 0.1) is 6.92 Å². The molecule has 0 bridgehead atoms. The Balaban J connectivity index is 1.92. The van der Waals surface area contributed by atoms with E-state index in [2.05, 4.69) is 28.8 Å². The third kappa shape index (κ3) is 3.01. The van der Waals surface area contributed by atoms with Crippen molar-refractivity contribution in [2.75, 3.05) is 13.7 Å². The third-order valence-electron chi connectivity index (χ3n) is 4.86. The van der Waals surface area contributed by atoms with Gasteiger partial charge < -0.3 is 18.6 Å². The maximum absolute atomic E-state index is 6.00. The molecule has 0 aromatic heterocycles.